The molecule has 7 nitrogen and oxygen atoms in total. The van der Waals surface area contributed by atoms with Gasteiger partial charge in [0.25, 0.3) is 0 Å². The number of methoxy groups -OCH3 is 1. The number of aromatic nitrogens is 2. The maximum absolute atomic E-state index is 12.9. The summed E-state index contributed by atoms with van der Waals surface area (Å²) in [6.07, 6.45) is -4.71. The summed E-state index contributed by atoms with van der Waals surface area (Å²) >= 11 is 0. The maximum Gasteiger partial charge on any atom is 0.433 e. The Morgan fingerprint density at radius 1 is 1.29 bits per heavy atom. The largest absolute Gasteiger partial charge is 0.495 e. The lowest BCUT2D eigenvalue weighted by atomic mass is 10.3. The van der Waals surface area contributed by atoms with E-state index in [-0.39, 0.29) is 5.82 Å². The molecule has 0 radical (unpaired) electrons. The van der Waals surface area contributed by atoms with Crippen LogP contribution in [-0.4, -0.2) is 34.7 Å². The van der Waals surface area contributed by atoms with Crippen LogP contribution in [0.15, 0.2) is 30.3 Å². The Kier molecular flexibility index (Phi) is 5.07. The Morgan fingerprint density at radius 2 is 2.00 bits per heavy atom. The van der Waals surface area contributed by atoms with Gasteiger partial charge in [-0.05, 0) is 12.1 Å². The van der Waals surface area contributed by atoms with Gasteiger partial charge >= 0.3 is 12.1 Å². The first-order valence-electron chi connectivity index (χ1n) is 6.61. The Bertz CT molecular complexity index is 737. The number of ether oxygens (including phenoxy) is 1. The summed E-state index contributed by atoms with van der Waals surface area (Å²) in [7, 11) is 1.42. The highest BCUT2D eigenvalue weighted by Gasteiger charge is 2.33. The van der Waals surface area contributed by atoms with Crippen molar-refractivity contribution in [1.82, 2.24) is 9.97 Å². The summed E-state index contributed by atoms with van der Waals surface area (Å²) in [5.74, 6) is -1.46. The Labute approximate surface area is 134 Å². The second-order valence-electron chi connectivity index (χ2n) is 4.53. The van der Waals surface area contributed by atoms with E-state index < -0.39 is 30.3 Å². The number of nitrogens with one attached hydrogen (secondary N) is 2. The van der Waals surface area contributed by atoms with Crippen molar-refractivity contribution in [3.8, 4) is 5.75 Å². The molecule has 128 valence electrons. The first-order chi connectivity index (χ1) is 11.3. The number of para-hydroxylation sites is 2. The Balaban J connectivity index is 2.37. The molecule has 0 unspecified atom stereocenters. The highest BCUT2D eigenvalue weighted by Crippen LogP contribution is 2.32. The second kappa shape index (κ2) is 7.02. The zero-order chi connectivity index (χ0) is 17.7. The minimum Gasteiger partial charge on any atom is -0.495 e. The Hall–Kier alpha value is -3.04. The van der Waals surface area contributed by atoms with Gasteiger partial charge in [-0.2, -0.15) is 18.2 Å². The van der Waals surface area contributed by atoms with Gasteiger partial charge in [-0.25, -0.2) is 4.98 Å². The minimum absolute atomic E-state index is 0.158. The fraction of sp³-hybridized carbons (Fsp3) is 0.214. The summed E-state index contributed by atoms with van der Waals surface area (Å²) in [5.41, 5.74) is -0.807. The smallest absolute Gasteiger partial charge is 0.433 e. The van der Waals surface area contributed by atoms with Crippen LogP contribution in [0, 0.1) is 0 Å². The molecule has 10 heteroatoms. The topological polar surface area (TPSA) is 96.4 Å². The molecule has 2 rings (SSSR count). The van der Waals surface area contributed by atoms with Gasteiger partial charge in [-0.15, -0.1) is 0 Å². The third kappa shape index (κ3) is 4.48. The zero-order valence-electron chi connectivity index (χ0n) is 12.4. The van der Waals surface area contributed by atoms with E-state index in [0.717, 1.165) is 6.07 Å². The lowest BCUT2D eigenvalue weighted by Crippen LogP contribution is -2.17. The van der Waals surface area contributed by atoms with E-state index in [1.165, 1.54) is 7.11 Å². The molecule has 0 saturated carbocycles. The second-order valence-corrected chi connectivity index (χ2v) is 4.53. The number of alkyl halides is 3. The van der Waals surface area contributed by atoms with Crippen molar-refractivity contribution in [3.63, 3.8) is 0 Å². The van der Waals surface area contributed by atoms with Gasteiger partial charge in [0.1, 0.15) is 18.1 Å². The third-order valence-corrected chi connectivity index (χ3v) is 2.78. The molecule has 1 aromatic heterocycles. The first kappa shape index (κ1) is 17.3. The van der Waals surface area contributed by atoms with Crippen LogP contribution < -0.4 is 15.4 Å². The fourth-order valence-electron chi connectivity index (χ4n) is 1.78. The van der Waals surface area contributed by atoms with Crippen LogP contribution >= 0.6 is 0 Å². The van der Waals surface area contributed by atoms with E-state index >= 15 is 0 Å². The molecule has 0 amide bonds. The van der Waals surface area contributed by atoms with Gasteiger partial charge in [0.05, 0.1) is 12.8 Å². The molecular formula is C14H13F3N4O3. The highest BCUT2D eigenvalue weighted by atomic mass is 19.4. The average Bonchev–Trinajstić information content (AvgIpc) is 2.52. The average molecular weight is 342 g/mol. The van der Waals surface area contributed by atoms with E-state index in [0.29, 0.717) is 11.4 Å². The molecule has 24 heavy (non-hydrogen) atoms. The van der Waals surface area contributed by atoms with Crippen LogP contribution in [0.2, 0.25) is 0 Å². The lowest BCUT2D eigenvalue weighted by Gasteiger charge is -2.13. The summed E-state index contributed by atoms with van der Waals surface area (Å²) in [6, 6.07) is 7.31. The molecule has 0 aliphatic carbocycles. The van der Waals surface area contributed by atoms with Gasteiger partial charge in [-0.1, -0.05) is 12.1 Å². The molecule has 0 aliphatic heterocycles. The van der Waals surface area contributed by atoms with Crippen LogP contribution in [0.25, 0.3) is 0 Å². The molecule has 2 aromatic rings. The van der Waals surface area contributed by atoms with E-state index in [1.54, 1.807) is 24.3 Å². The van der Waals surface area contributed by atoms with E-state index in [2.05, 4.69) is 20.6 Å². The van der Waals surface area contributed by atoms with Gasteiger partial charge < -0.3 is 20.5 Å². The van der Waals surface area contributed by atoms with Gasteiger partial charge in [0.15, 0.2) is 5.69 Å². The fourth-order valence-corrected chi connectivity index (χ4v) is 1.78. The van der Waals surface area contributed by atoms with Crippen molar-refractivity contribution in [3.05, 3.63) is 36.0 Å². The normalized spacial score (nSPS) is 11.0. The number of anilines is 3. The predicted molar refractivity (Wildman–Crippen MR) is 79.4 cm³/mol. The Morgan fingerprint density at radius 3 is 2.62 bits per heavy atom. The SMILES string of the molecule is COc1ccccc1Nc1cc(C(F)(F)F)nc(NCC(=O)O)n1. The maximum atomic E-state index is 12.9. The monoisotopic (exact) mass is 342 g/mol. The molecule has 0 aliphatic rings. The molecule has 1 aromatic carbocycles. The number of carbonyl (C=O) groups is 1. The molecule has 3 N–H and O–H groups in total. The zero-order valence-corrected chi connectivity index (χ0v) is 12.4. The quantitative estimate of drug-likeness (QED) is 0.743. The predicted octanol–water partition coefficient (Wildman–Crippen LogP) is 2.74. The van der Waals surface area contributed by atoms with Crippen LogP contribution in [-0.2, 0) is 11.0 Å². The van der Waals surface area contributed by atoms with Crippen LogP contribution in [0.1, 0.15) is 5.69 Å². The number of rotatable bonds is 6. The van der Waals surface area contributed by atoms with Crippen molar-refractivity contribution < 1.29 is 27.8 Å². The number of carboxylic acid groups (broad SMARTS) is 1. The summed E-state index contributed by atoms with van der Waals surface area (Å²) in [4.78, 5) is 17.7. The van der Waals surface area contributed by atoms with Crippen LogP contribution in [0.3, 0.4) is 0 Å². The highest BCUT2D eigenvalue weighted by molar-refractivity contribution is 5.72. The van der Waals surface area contributed by atoms with E-state index in [9.17, 15) is 18.0 Å². The molecule has 0 atom stereocenters. The van der Waals surface area contributed by atoms with Crippen LogP contribution in [0.4, 0.5) is 30.6 Å². The number of benzene rings is 1. The molecule has 0 bridgehead atoms. The molecule has 0 fully saturated rings. The molecule has 0 spiro atoms. The number of carboxylic acids is 1. The van der Waals surface area contributed by atoms with Gasteiger partial charge in [0, 0.05) is 6.07 Å². The number of halogens is 3. The third-order valence-electron chi connectivity index (χ3n) is 2.78. The van der Waals surface area contributed by atoms with Gasteiger partial charge in [0.2, 0.25) is 5.95 Å². The van der Waals surface area contributed by atoms with Crippen molar-refractivity contribution in [2.75, 3.05) is 24.3 Å². The minimum atomic E-state index is -4.71. The number of nitrogens with zero attached hydrogens (tertiary/aromatic N) is 2. The molecule has 1 heterocycles. The summed E-state index contributed by atoms with van der Waals surface area (Å²) in [6.45, 7) is -0.616. The number of aliphatic carboxylic acids is 1. The standard InChI is InChI=1S/C14H13F3N4O3/c1-24-9-5-3-2-4-8(9)19-11-6-10(14(15,16)17)20-13(21-11)18-7-12(22)23/h2-6H,7H2,1H3,(H,22,23)(H2,18,19,20,21). The van der Waals surface area contributed by atoms with Crippen molar-refractivity contribution >= 4 is 23.4 Å². The lowest BCUT2D eigenvalue weighted by molar-refractivity contribution is -0.141. The van der Waals surface area contributed by atoms with E-state index in [4.69, 9.17) is 9.84 Å². The molecule has 0 saturated heterocycles. The molecular weight excluding hydrogens is 329 g/mol. The van der Waals surface area contributed by atoms with Crippen molar-refractivity contribution in [1.29, 1.82) is 0 Å². The number of hydrogen-bond acceptors (Lipinski definition) is 6. The van der Waals surface area contributed by atoms with E-state index in [1.807, 2.05) is 0 Å². The summed E-state index contributed by atoms with van der Waals surface area (Å²) in [5, 5.41) is 13.5. The van der Waals surface area contributed by atoms with Crippen molar-refractivity contribution in [2.45, 2.75) is 6.18 Å². The number of hydrogen-bond donors (Lipinski definition) is 3. The summed E-state index contributed by atoms with van der Waals surface area (Å²) < 4.78 is 43.9. The van der Waals surface area contributed by atoms with Crippen LogP contribution in [0.5, 0.6) is 5.75 Å². The van der Waals surface area contributed by atoms with Gasteiger partial charge in [-0.3, -0.25) is 4.79 Å². The van der Waals surface area contributed by atoms with Crippen molar-refractivity contribution in [2.24, 2.45) is 0 Å². The first-order valence-corrected chi connectivity index (χ1v) is 6.61.